The van der Waals surface area contributed by atoms with Crippen LogP contribution in [0, 0.1) is 0 Å². The molecule has 0 atom stereocenters. The molecule has 1 heterocycles. The third-order valence-corrected chi connectivity index (χ3v) is 3.07. The van der Waals surface area contributed by atoms with Crippen molar-refractivity contribution in [3.05, 3.63) is 40.4 Å². The number of amides is 1. The summed E-state index contributed by atoms with van der Waals surface area (Å²) in [5, 5.41) is 3.39. The first-order valence-corrected chi connectivity index (χ1v) is 7.03. The van der Waals surface area contributed by atoms with E-state index in [2.05, 4.69) is 15.3 Å². The van der Waals surface area contributed by atoms with Crippen molar-refractivity contribution in [2.75, 3.05) is 20.1 Å². The normalized spacial score (nSPS) is 11.0. The number of nitrogens with one attached hydrogen (secondary N) is 2. The zero-order chi connectivity index (χ0) is 15.2. The van der Waals surface area contributed by atoms with Crippen molar-refractivity contribution < 1.29 is 4.79 Å². The first-order valence-electron chi connectivity index (χ1n) is 7.03. The lowest BCUT2D eigenvalue weighted by Gasteiger charge is -2.15. The van der Waals surface area contributed by atoms with E-state index in [-0.39, 0.29) is 18.0 Å². The van der Waals surface area contributed by atoms with Crippen molar-refractivity contribution in [2.45, 2.75) is 19.9 Å². The summed E-state index contributed by atoms with van der Waals surface area (Å²) in [5.41, 5.74) is 0.513. The van der Waals surface area contributed by atoms with Gasteiger partial charge < -0.3 is 10.3 Å². The Morgan fingerprint density at radius 3 is 2.90 bits per heavy atom. The molecule has 2 aromatic rings. The van der Waals surface area contributed by atoms with Gasteiger partial charge >= 0.3 is 0 Å². The summed E-state index contributed by atoms with van der Waals surface area (Å²) in [5.74, 6) is 0.534. The van der Waals surface area contributed by atoms with Gasteiger partial charge in [0.25, 0.3) is 5.56 Å². The van der Waals surface area contributed by atoms with Gasteiger partial charge in [0.15, 0.2) is 0 Å². The Labute approximate surface area is 123 Å². The Morgan fingerprint density at radius 2 is 2.14 bits per heavy atom. The second kappa shape index (κ2) is 6.99. The molecule has 6 heteroatoms. The zero-order valence-corrected chi connectivity index (χ0v) is 12.3. The third kappa shape index (κ3) is 4.13. The van der Waals surface area contributed by atoms with Crippen molar-refractivity contribution in [1.29, 1.82) is 0 Å². The molecule has 6 nitrogen and oxygen atoms in total. The molecule has 1 amide bonds. The molecule has 0 radical (unpaired) electrons. The van der Waals surface area contributed by atoms with Gasteiger partial charge in [0.1, 0.15) is 5.82 Å². The van der Waals surface area contributed by atoms with Crippen LogP contribution >= 0.6 is 0 Å². The number of hydrogen-bond acceptors (Lipinski definition) is 4. The number of hydrogen-bond donors (Lipinski definition) is 2. The van der Waals surface area contributed by atoms with Crippen LogP contribution in [0.25, 0.3) is 10.9 Å². The fraction of sp³-hybridized carbons (Fsp3) is 0.400. The standard InChI is InChI=1S/C15H20N4O2/c1-3-8-16-14(20)10-19(2)9-13-17-12-7-5-4-6-11(12)15(21)18-13/h4-7H,3,8-10H2,1-2H3,(H,16,20)(H,17,18,21). The molecular formula is C15H20N4O2. The number of aromatic nitrogens is 2. The number of likely N-dealkylation sites (N-methyl/N-ethyl adjacent to an activating group) is 1. The van der Waals surface area contributed by atoms with Crippen LogP contribution in [0.2, 0.25) is 0 Å². The molecule has 112 valence electrons. The van der Waals surface area contributed by atoms with Crippen LogP contribution in [0.4, 0.5) is 0 Å². The lowest BCUT2D eigenvalue weighted by atomic mass is 10.2. The predicted molar refractivity (Wildman–Crippen MR) is 82.0 cm³/mol. The van der Waals surface area contributed by atoms with Gasteiger partial charge in [0.05, 0.1) is 24.0 Å². The van der Waals surface area contributed by atoms with E-state index >= 15 is 0 Å². The second-order valence-electron chi connectivity index (χ2n) is 5.05. The molecule has 21 heavy (non-hydrogen) atoms. The van der Waals surface area contributed by atoms with Crippen molar-refractivity contribution >= 4 is 16.8 Å². The van der Waals surface area contributed by atoms with E-state index in [1.165, 1.54) is 0 Å². The molecule has 1 aromatic carbocycles. The van der Waals surface area contributed by atoms with Gasteiger partial charge in [-0.1, -0.05) is 19.1 Å². The fourth-order valence-corrected chi connectivity index (χ4v) is 2.09. The van der Waals surface area contributed by atoms with Crippen molar-refractivity contribution in [3.8, 4) is 0 Å². The molecule has 0 saturated carbocycles. The van der Waals surface area contributed by atoms with E-state index in [1.54, 1.807) is 6.07 Å². The highest BCUT2D eigenvalue weighted by Crippen LogP contribution is 2.06. The highest BCUT2D eigenvalue weighted by atomic mass is 16.2. The summed E-state index contributed by atoms with van der Waals surface area (Å²) in [6, 6.07) is 7.21. The maximum atomic E-state index is 12.0. The lowest BCUT2D eigenvalue weighted by molar-refractivity contribution is -0.122. The van der Waals surface area contributed by atoms with Crippen LogP contribution in [0.1, 0.15) is 19.2 Å². The molecule has 0 aliphatic rings. The largest absolute Gasteiger partial charge is 0.355 e. The van der Waals surface area contributed by atoms with Gasteiger partial charge in [-0.05, 0) is 25.6 Å². The quantitative estimate of drug-likeness (QED) is 0.827. The molecule has 0 bridgehead atoms. The van der Waals surface area contributed by atoms with Crippen LogP contribution in [0.15, 0.2) is 29.1 Å². The van der Waals surface area contributed by atoms with Gasteiger partial charge in [-0.3, -0.25) is 14.5 Å². The van der Waals surface area contributed by atoms with Crippen LogP contribution < -0.4 is 10.9 Å². The number of H-pyrrole nitrogens is 1. The number of carbonyl (C=O) groups is 1. The van der Waals surface area contributed by atoms with Gasteiger partial charge in [-0.15, -0.1) is 0 Å². The van der Waals surface area contributed by atoms with Crippen LogP contribution in [-0.4, -0.2) is 40.9 Å². The van der Waals surface area contributed by atoms with Gasteiger partial charge in [-0.25, -0.2) is 4.98 Å². The Bertz CT molecular complexity index is 681. The number of carbonyl (C=O) groups excluding carboxylic acids is 1. The number of aromatic amines is 1. The van der Waals surface area contributed by atoms with E-state index in [0.29, 0.717) is 29.8 Å². The number of benzene rings is 1. The van der Waals surface area contributed by atoms with E-state index in [1.807, 2.05) is 37.1 Å². The zero-order valence-electron chi connectivity index (χ0n) is 12.3. The minimum atomic E-state index is -0.153. The molecule has 0 unspecified atom stereocenters. The average molecular weight is 288 g/mol. The number of para-hydroxylation sites is 1. The van der Waals surface area contributed by atoms with E-state index in [9.17, 15) is 9.59 Å². The minimum absolute atomic E-state index is 0.0255. The molecule has 2 rings (SSSR count). The highest BCUT2D eigenvalue weighted by Gasteiger charge is 2.09. The maximum absolute atomic E-state index is 12.0. The SMILES string of the molecule is CCCNC(=O)CN(C)Cc1nc2ccccc2c(=O)[nH]1. The first-order chi connectivity index (χ1) is 10.1. The smallest absolute Gasteiger partial charge is 0.258 e. The lowest BCUT2D eigenvalue weighted by Crippen LogP contribution is -2.35. The molecule has 2 N–H and O–H groups in total. The number of rotatable bonds is 6. The molecule has 0 saturated heterocycles. The summed E-state index contributed by atoms with van der Waals surface area (Å²) in [4.78, 5) is 32.6. The van der Waals surface area contributed by atoms with Crippen LogP contribution in [0.3, 0.4) is 0 Å². The highest BCUT2D eigenvalue weighted by molar-refractivity contribution is 5.78. The van der Waals surface area contributed by atoms with Gasteiger partial charge in [0.2, 0.25) is 5.91 Å². The summed E-state index contributed by atoms with van der Waals surface area (Å²) in [6.45, 7) is 3.38. The molecular weight excluding hydrogens is 268 g/mol. The van der Waals surface area contributed by atoms with Gasteiger partial charge in [0, 0.05) is 6.54 Å². The Hall–Kier alpha value is -2.21. The fourth-order valence-electron chi connectivity index (χ4n) is 2.09. The predicted octanol–water partition coefficient (Wildman–Crippen LogP) is 0.881. The third-order valence-electron chi connectivity index (χ3n) is 3.07. The van der Waals surface area contributed by atoms with Crippen LogP contribution in [0.5, 0.6) is 0 Å². The number of fused-ring (bicyclic) bond motifs is 1. The molecule has 0 aliphatic carbocycles. The minimum Gasteiger partial charge on any atom is -0.355 e. The van der Waals surface area contributed by atoms with Crippen molar-refractivity contribution in [2.24, 2.45) is 0 Å². The van der Waals surface area contributed by atoms with E-state index in [0.717, 1.165) is 6.42 Å². The number of nitrogens with zero attached hydrogens (tertiary/aromatic N) is 2. The topological polar surface area (TPSA) is 78.1 Å². The van der Waals surface area contributed by atoms with E-state index < -0.39 is 0 Å². The van der Waals surface area contributed by atoms with Crippen molar-refractivity contribution in [3.63, 3.8) is 0 Å². The first kappa shape index (κ1) is 15.2. The molecule has 1 aromatic heterocycles. The van der Waals surface area contributed by atoms with E-state index in [4.69, 9.17) is 0 Å². The molecule has 0 fully saturated rings. The Kier molecular flexibility index (Phi) is 5.05. The second-order valence-corrected chi connectivity index (χ2v) is 5.05. The Morgan fingerprint density at radius 1 is 1.38 bits per heavy atom. The summed E-state index contributed by atoms with van der Waals surface area (Å²) < 4.78 is 0. The summed E-state index contributed by atoms with van der Waals surface area (Å²) >= 11 is 0. The molecule has 0 aliphatic heterocycles. The van der Waals surface area contributed by atoms with Crippen molar-refractivity contribution in [1.82, 2.24) is 20.2 Å². The van der Waals surface area contributed by atoms with Gasteiger partial charge in [-0.2, -0.15) is 0 Å². The monoisotopic (exact) mass is 288 g/mol. The Balaban J connectivity index is 2.06. The molecule has 0 spiro atoms. The summed E-state index contributed by atoms with van der Waals surface area (Å²) in [6.07, 6.45) is 0.912. The maximum Gasteiger partial charge on any atom is 0.258 e. The van der Waals surface area contributed by atoms with Crippen LogP contribution in [-0.2, 0) is 11.3 Å². The average Bonchev–Trinajstić information content (AvgIpc) is 2.45. The summed E-state index contributed by atoms with van der Waals surface area (Å²) in [7, 11) is 1.82.